The highest BCUT2D eigenvalue weighted by Crippen LogP contribution is 2.18. The van der Waals surface area contributed by atoms with Crippen molar-refractivity contribution in [3.63, 3.8) is 0 Å². The van der Waals surface area contributed by atoms with Crippen LogP contribution in [0.3, 0.4) is 0 Å². The minimum Gasteiger partial charge on any atom is -0.452 e. The number of nitrogens with one attached hydrogen (secondary N) is 1. The van der Waals surface area contributed by atoms with Gasteiger partial charge in [-0.05, 0) is 31.9 Å². The van der Waals surface area contributed by atoms with Crippen molar-refractivity contribution in [2.75, 3.05) is 24.2 Å². The molecule has 0 bridgehead atoms. The van der Waals surface area contributed by atoms with Gasteiger partial charge in [0, 0.05) is 19.3 Å². The number of hydrogen-bond donors (Lipinski definition) is 1. The van der Waals surface area contributed by atoms with E-state index in [1.54, 1.807) is 12.1 Å². The Kier molecular flexibility index (Phi) is 7.26. The van der Waals surface area contributed by atoms with E-state index in [0.717, 1.165) is 25.9 Å². The van der Waals surface area contributed by atoms with E-state index in [-0.39, 0.29) is 10.9 Å². The van der Waals surface area contributed by atoms with Gasteiger partial charge in [0.15, 0.2) is 11.3 Å². The van der Waals surface area contributed by atoms with Gasteiger partial charge in [-0.25, -0.2) is 4.98 Å². The van der Waals surface area contributed by atoms with Gasteiger partial charge in [-0.15, -0.1) is 0 Å². The van der Waals surface area contributed by atoms with E-state index in [1.807, 2.05) is 0 Å². The molecule has 1 aliphatic rings. The minimum atomic E-state index is -0.935. The van der Waals surface area contributed by atoms with Gasteiger partial charge in [0.25, 0.3) is 5.91 Å². The molecule has 0 unspecified atom stereocenters. The van der Waals surface area contributed by atoms with Gasteiger partial charge in [0.1, 0.15) is 4.32 Å². The molecule has 0 radical (unpaired) electrons. The Labute approximate surface area is 155 Å². The van der Waals surface area contributed by atoms with Gasteiger partial charge in [0.05, 0.1) is 11.4 Å². The van der Waals surface area contributed by atoms with E-state index in [4.69, 9.17) is 28.6 Å². The number of rotatable bonds is 5. The molecule has 1 atom stereocenters. The molecule has 1 saturated heterocycles. The summed E-state index contributed by atoms with van der Waals surface area (Å²) in [6.45, 7) is 3.37. The topological polar surface area (TPSA) is 71.5 Å². The maximum atomic E-state index is 12.0. The maximum Gasteiger partial charge on any atom is 0.317 e. The number of thiocarbonyl (C=S) groups is 1. The van der Waals surface area contributed by atoms with E-state index < -0.39 is 18.0 Å². The number of aromatic nitrogens is 1. The first kappa shape index (κ1) is 19.0. The van der Waals surface area contributed by atoms with Crippen LogP contribution in [0.2, 0.25) is 5.15 Å². The summed E-state index contributed by atoms with van der Waals surface area (Å²) in [5.74, 6) is -0.868. The Morgan fingerprint density at radius 3 is 2.88 bits per heavy atom. The van der Waals surface area contributed by atoms with Crippen molar-refractivity contribution < 1.29 is 14.3 Å². The number of carbonyl (C=O) groups excluding carboxylic acids is 2. The van der Waals surface area contributed by atoms with Gasteiger partial charge in [-0.3, -0.25) is 9.59 Å². The summed E-state index contributed by atoms with van der Waals surface area (Å²) >= 11 is 12.4. The summed E-state index contributed by atoms with van der Waals surface area (Å²) in [6.07, 6.45) is 2.83. The molecule has 1 aliphatic heterocycles. The summed E-state index contributed by atoms with van der Waals surface area (Å²) in [5.41, 5.74) is 0.372. The fourth-order valence-corrected chi connectivity index (χ4v) is 3.31. The lowest BCUT2D eigenvalue weighted by Gasteiger charge is -2.18. The fourth-order valence-electron chi connectivity index (χ4n) is 2.11. The van der Waals surface area contributed by atoms with Gasteiger partial charge >= 0.3 is 5.97 Å². The van der Waals surface area contributed by atoms with Crippen LogP contribution in [0, 0.1) is 0 Å². The second-order valence-electron chi connectivity index (χ2n) is 5.21. The van der Waals surface area contributed by atoms with Crippen LogP contribution < -0.4 is 5.32 Å². The largest absolute Gasteiger partial charge is 0.452 e. The fraction of sp³-hybridized carbons (Fsp3) is 0.467. The quantitative estimate of drug-likeness (QED) is 0.473. The molecule has 2 rings (SSSR count). The van der Waals surface area contributed by atoms with Crippen LogP contribution in [-0.4, -0.2) is 51.0 Å². The lowest BCUT2D eigenvalue weighted by molar-refractivity contribution is -0.150. The Balaban J connectivity index is 1.75. The van der Waals surface area contributed by atoms with Crippen LogP contribution in [0.15, 0.2) is 18.3 Å². The monoisotopic (exact) mass is 387 g/mol. The first-order valence-electron chi connectivity index (χ1n) is 7.50. The smallest absolute Gasteiger partial charge is 0.317 e. The second-order valence-corrected chi connectivity index (χ2v) is 7.18. The summed E-state index contributed by atoms with van der Waals surface area (Å²) in [5, 5.41) is 2.75. The second kappa shape index (κ2) is 9.19. The molecular weight excluding hydrogens is 370 g/mol. The lowest BCUT2D eigenvalue weighted by atomic mass is 10.3. The van der Waals surface area contributed by atoms with E-state index in [9.17, 15) is 9.59 Å². The lowest BCUT2D eigenvalue weighted by Crippen LogP contribution is -2.31. The molecule has 0 aliphatic carbocycles. The molecule has 1 aromatic rings. The number of anilines is 1. The molecule has 1 aromatic heterocycles. The highest BCUT2D eigenvalue weighted by molar-refractivity contribution is 8.23. The predicted molar refractivity (Wildman–Crippen MR) is 99.3 cm³/mol. The molecular formula is C15H18ClN3O3S2. The zero-order valence-corrected chi connectivity index (χ0v) is 15.5. The van der Waals surface area contributed by atoms with E-state index in [1.165, 1.54) is 24.9 Å². The predicted octanol–water partition coefficient (Wildman–Crippen LogP) is 2.72. The third-order valence-corrected chi connectivity index (χ3v) is 5.17. The van der Waals surface area contributed by atoms with Crippen molar-refractivity contribution in [1.82, 2.24) is 9.88 Å². The molecule has 9 heteroatoms. The van der Waals surface area contributed by atoms with Gasteiger partial charge < -0.3 is 15.0 Å². The average Bonchev–Trinajstić information content (AvgIpc) is 3.09. The number of hydrogen-bond acceptors (Lipinski definition) is 6. The summed E-state index contributed by atoms with van der Waals surface area (Å²) in [7, 11) is 0. The molecule has 1 amide bonds. The number of nitrogens with zero attached hydrogens (tertiary/aromatic N) is 2. The van der Waals surface area contributed by atoms with E-state index in [0.29, 0.717) is 10.0 Å². The zero-order chi connectivity index (χ0) is 17.5. The number of thioether (sulfide) groups is 1. The van der Waals surface area contributed by atoms with Gasteiger partial charge in [-0.2, -0.15) is 0 Å². The van der Waals surface area contributed by atoms with Crippen molar-refractivity contribution in [3.05, 3.63) is 23.5 Å². The SMILES string of the molecule is C[C@H](OC(=O)CSC(=S)N1CCCC1)C(=O)Nc1cccnc1Cl. The Hall–Kier alpha value is -1.38. The number of ether oxygens (including phenoxy) is 1. The van der Waals surface area contributed by atoms with Crippen molar-refractivity contribution >= 4 is 57.5 Å². The molecule has 6 nitrogen and oxygen atoms in total. The van der Waals surface area contributed by atoms with Crippen molar-refractivity contribution in [1.29, 1.82) is 0 Å². The molecule has 2 heterocycles. The van der Waals surface area contributed by atoms with Gasteiger partial charge in [-0.1, -0.05) is 35.6 Å². The molecule has 0 spiro atoms. The molecule has 24 heavy (non-hydrogen) atoms. The molecule has 130 valence electrons. The minimum absolute atomic E-state index is 0.0839. The molecule has 1 N–H and O–H groups in total. The van der Waals surface area contributed by atoms with Crippen molar-refractivity contribution in [2.45, 2.75) is 25.9 Å². The van der Waals surface area contributed by atoms with Crippen molar-refractivity contribution in [3.8, 4) is 0 Å². The number of esters is 1. The Bertz CT molecular complexity index is 624. The summed E-state index contributed by atoms with van der Waals surface area (Å²) in [6, 6.07) is 3.26. The Morgan fingerprint density at radius 2 is 2.21 bits per heavy atom. The number of halogens is 1. The molecule has 1 fully saturated rings. The van der Waals surface area contributed by atoms with Crippen LogP contribution in [0.25, 0.3) is 0 Å². The average molecular weight is 388 g/mol. The van der Waals surface area contributed by atoms with Crippen molar-refractivity contribution in [2.24, 2.45) is 0 Å². The highest BCUT2D eigenvalue weighted by atomic mass is 35.5. The number of likely N-dealkylation sites (tertiary alicyclic amines) is 1. The first-order chi connectivity index (χ1) is 11.5. The molecule has 0 aromatic carbocycles. The summed E-state index contributed by atoms with van der Waals surface area (Å²) in [4.78, 5) is 29.8. The number of pyridine rings is 1. The summed E-state index contributed by atoms with van der Waals surface area (Å²) < 4.78 is 5.82. The van der Waals surface area contributed by atoms with Crippen LogP contribution in [0.1, 0.15) is 19.8 Å². The zero-order valence-electron chi connectivity index (χ0n) is 13.2. The van der Waals surface area contributed by atoms with E-state index >= 15 is 0 Å². The normalized spacial score (nSPS) is 15.0. The van der Waals surface area contributed by atoms with Crippen LogP contribution >= 0.6 is 35.6 Å². The van der Waals surface area contributed by atoms with Crippen LogP contribution in [-0.2, 0) is 14.3 Å². The third kappa shape index (κ3) is 5.61. The molecule has 0 saturated carbocycles. The van der Waals surface area contributed by atoms with Gasteiger partial charge in [0.2, 0.25) is 0 Å². The first-order valence-corrected chi connectivity index (χ1v) is 9.27. The highest BCUT2D eigenvalue weighted by Gasteiger charge is 2.21. The number of amides is 1. The maximum absolute atomic E-state index is 12.0. The third-order valence-electron chi connectivity index (χ3n) is 3.37. The standard InChI is InChI=1S/C15H18ClN3O3S2/c1-10(14(21)18-11-5-4-6-17-13(11)16)22-12(20)9-24-15(23)19-7-2-3-8-19/h4-6,10H,2-3,7-9H2,1H3,(H,18,21)/t10-/m0/s1. The Morgan fingerprint density at radius 1 is 1.50 bits per heavy atom. The van der Waals surface area contributed by atoms with E-state index in [2.05, 4.69) is 15.2 Å². The van der Waals surface area contributed by atoms with Crippen LogP contribution in [0.4, 0.5) is 5.69 Å². The number of carbonyl (C=O) groups is 2. The van der Waals surface area contributed by atoms with Crippen LogP contribution in [0.5, 0.6) is 0 Å².